The molecular formula is C21H19ClN4OS. The Kier molecular flexibility index (Phi) is 5.68. The SMILES string of the molecule is Cc1cnc(NC(=O)/C(C#N)=C\c2cc(C)n(-c3ccc(C)c(Cl)c3)c2C)s1. The van der Waals surface area contributed by atoms with Crippen LogP contribution >= 0.6 is 22.9 Å². The van der Waals surface area contributed by atoms with E-state index in [4.69, 9.17) is 11.6 Å². The Balaban J connectivity index is 1.95. The quantitative estimate of drug-likeness (QED) is 0.464. The fraction of sp³-hybridized carbons (Fsp3) is 0.190. The van der Waals surface area contributed by atoms with E-state index < -0.39 is 5.91 Å². The van der Waals surface area contributed by atoms with E-state index in [1.54, 1.807) is 12.3 Å². The average Bonchev–Trinajstić information content (AvgIpc) is 3.17. The summed E-state index contributed by atoms with van der Waals surface area (Å²) in [6.07, 6.45) is 3.28. The van der Waals surface area contributed by atoms with Crippen molar-refractivity contribution in [3.05, 3.63) is 68.4 Å². The normalized spacial score (nSPS) is 11.4. The minimum atomic E-state index is -0.472. The molecule has 0 aliphatic rings. The number of thiazole rings is 1. The monoisotopic (exact) mass is 410 g/mol. The lowest BCUT2D eigenvalue weighted by Gasteiger charge is -2.11. The Labute approximate surface area is 172 Å². The fourth-order valence-corrected chi connectivity index (χ4v) is 3.77. The molecule has 1 N–H and O–H groups in total. The molecule has 7 heteroatoms. The van der Waals surface area contributed by atoms with Crippen molar-refractivity contribution in [2.24, 2.45) is 0 Å². The summed E-state index contributed by atoms with van der Waals surface area (Å²) in [7, 11) is 0. The molecule has 0 aliphatic carbocycles. The predicted molar refractivity (Wildman–Crippen MR) is 114 cm³/mol. The van der Waals surface area contributed by atoms with E-state index in [2.05, 4.69) is 10.3 Å². The number of halogens is 1. The first-order valence-electron chi connectivity index (χ1n) is 8.61. The summed E-state index contributed by atoms with van der Waals surface area (Å²) >= 11 is 7.64. The maximum absolute atomic E-state index is 12.5. The van der Waals surface area contributed by atoms with E-state index in [9.17, 15) is 10.1 Å². The summed E-state index contributed by atoms with van der Waals surface area (Å²) in [5.74, 6) is -0.472. The van der Waals surface area contributed by atoms with Gasteiger partial charge in [0.25, 0.3) is 5.91 Å². The topological polar surface area (TPSA) is 70.7 Å². The van der Waals surface area contributed by atoms with Crippen molar-refractivity contribution < 1.29 is 4.79 Å². The van der Waals surface area contributed by atoms with Gasteiger partial charge < -0.3 is 4.57 Å². The summed E-state index contributed by atoms with van der Waals surface area (Å²) in [4.78, 5) is 17.5. The van der Waals surface area contributed by atoms with Crippen molar-refractivity contribution in [3.63, 3.8) is 0 Å². The number of amides is 1. The second-order valence-electron chi connectivity index (χ2n) is 6.50. The summed E-state index contributed by atoms with van der Waals surface area (Å²) in [5.41, 5.74) is 4.67. The highest BCUT2D eigenvalue weighted by Crippen LogP contribution is 2.26. The maximum Gasteiger partial charge on any atom is 0.268 e. The highest BCUT2D eigenvalue weighted by atomic mass is 35.5. The minimum Gasteiger partial charge on any atom is -0.318 e. The Morgan fingerprint density at radius 3 is 2.64 bits per heavy atom. The molecule has 0 saturated carbocycles. The van der Waals surface area contributed by atoms with Crippen LogP contribution in [0.15, 0.2) is 36.0 Å². The zero-order valence-electron chi connectivity index (χ0n) is 16.0. The van der Waals surface area contributed by atoms with Gasteiger partial charge in [-0.3, -0.25) is 10.1 Å². The van der Waals surface area contributed by atoms with Crippen molar-refractivity contribution in [1.29, 1.82) is 5.26 Å². The largest absolute Gasteiger partial charge is 0.318 e. The molecule has 0 bridgehead atoms. The van der Waals surface area contributed by atoms with Crippen molar-refractivity contribution in [2.75, 3.05) is 5.32 Å². The Bertz CT molecular complexity index is 1130. The number of carbonyl (C=O) groups is 1. The lowest BCUT2D eigenvalue weighted by atomic mass is 10.1. The van der Waals surface area contributed by atoms with E-state index in [1.165, 1.54) is 11.3 Å². The molecule has 0 spiro atoms. The lowest BCUT2D eigenvalue weighted by molar-refractivity contribution is -0.112. The minimum absolute atomic E-state index is 0.0232. The van der Waals surface area contributed by atoms with E-state index in [1.807, 2.05) is 62.6 Å². The standard InChI is InChI=1S/C21H19ClN4OS/c1-12-5-6-18(9-19(12)22)26-13(2)7-16(15(26)4)8-17(10-23)20(27)25-21-24-11-14(3)28-21/h5-9,11H,1-4H3,(H,24,25,27)/b17-8-. The highest BCUT2D eigenvalue weighted by molar-refractivity contribution is 7.15. The van der Waals surface area contributed by atoms with E-state index in [0.29, 0.717) is 10.2 Å². The fourth-order valence-electron chi connectivity index (χ4n) is 2.93. The van der Waals surface area contributed by atoms with Gasteiger partial charge in [-0.1, -0.05) is 17.7 Å². The molecular weight excluding hydrogens is 392 g/mol. The van der Waals surface area contributed by atoms with Gasteiger partial charge in [0.2, 0.25) is 0 Å². The molecule has 0 radical (unpaired) electrons. The van der Waals surface area contributed by atoms with Gasteiger partial charge in [0.05, 0.1) is 0 Å². The van der Waals surface area contributed by atoms with E-state index in [-0.39, 0.29) is 5.57 Å². The molecule has 0 saturated heterocycles. The van der Waals surface area contributed by atoms with Gasteiger partial charge in [0.1, 0.15) is 11.6 Å². The summed E-state index contributed by atoms with van der Waals surface area (Å²) in [6.45, 7) is 7.78. The number of aromatic nitrogens is 2. The summed E-state index contributed by atoms with van der Waals surface area (Å²) < 4.78 is 2.05. The van der Waals surface area contributed by atoms with Crippen LogP contribution in [0.4, 0.5) is 5.13 Å². The third-order valence-electron chi connectivity index (χ3n) is 4.39. The Morgan fingerprint density at radius 2 is 2.04 bits per heavy atom. The summed E-state index contributed by atoms with van der Waals surface area (Å²) in [6, 6.07) is 9.81. The van der Waals surface area contributed by atoms with Gasteiger partial charge >= 0.3 is 0 Å². The number of rotatable bonds is 4. The van der Waals surface area contributed by atoms with Gasteiger partial charge in [-0.2, -0.15) is 5.26 Å². The first-order valence-corrected chi connectivity index (χ1v) is 9.80. The number of hydrogen-bond acceptors (Lipinski definition) is 4. The van der Waals surface area contributed by atoms with Crippen molar-refractivity contribution in [2.45, 2.75) is 27.7 Å². The molecule has 28 heavy (non-hydrogen) atoms. The maximum atomic E-state index is 12.5. The van der Waals surface area contributed by atoms with Crippen LogP contribution in [0.2, 0.25) is 5.02 Å². The van der Waals surface area contributed by atoms with Crippen LogP contribution in [0.25, 0.3) is 11.8 Å². The van der Waals surface area contributed by atoms with E-state index >= 15 is 0 Å². The number of hydrogen-bond donors (Lipinski definition) is 1. The molecule has 2 aromatic heterocycles. The van der Waals surface area contributed by atoms with Crippen LogP contribution in [0, 0.1) is 39.0 Å². The van der Waals surface area contributed by atoms with Gasteiger partial charge in [-0.25, -0.2) is 4.98 Å². The van der Waals surface area contributed by atoms with Crippen LogP contribution in [0.5, 0.6) is 0 Å². The molecule has 2 heterocycles. The molecule has 0 fully saturated rings. The predicted octanol–water partition coefficient (Wildman–Crippen LogP) is 5.37. The molecule has 3 aromatic rings. The average molecular weight is 411 g/mol. The molecule has 0 aliphatic heterocycles. The van der Waals surface area contributed by atoms with Gasteiger partial charge in [-0.05, 0) is 63.1 Å². The molecule has 1 aromatic carbocycles. The molecule has 0 atom stereocenters. The number of nitrogens with one attached hydrogen (secondary N) is 1. The third kappa shape index (κ3) is 4.01. The van der Waals surface area contributed by atoms with Crippen LogP contribution in [0.1, 0.15) is 27.4 Å². The van der Waals surface area contributed by atoms with Crippen molar-refractivity contribution in [1.82, 2.24) is 9.55 Å². The Hall–Kier alpha value is -2.88. The molecule has 3 rings (SSSR count). The van der Waals surface area contributed by atoms with Gasteiger partial charge in [0.15, 0.2) is 5.13 Å². The van der Waals surface area contributed by atoms with Crippen LogP contribution in [0.3, 0.4) is 0 Å². The second-order valence-corrected chi connectivity index (χ2v) is 8.14. The highest BCUT2D eigenvalue weighted by Gasteiger charge is 2.15. The van der Waals surface area contributed by atoms with Gasteiger partial charge in [0, 0.05) is 33.2 Å². The zero-order valence-corrected chi connectivity index (χ0v) is 17.6. The molecule has 1 amide bonds. The molecule has 5 nitrogen and oxygen atoms in total. The second kappa shape index (κ2) is 8.01. The number of benzene rings is 1. The smallest absolute Gasteiger partial charge is 0.268 e. The van der Waals surface area contributed by atoms with Gasteiger partial charge in [-0.15, -0.1) is 11.3 Å². The van der Waals surface area contributed by atoms with Crippen LogP contribution < -0.4 is 5.32 Å². The van der Waals surface area contributed by atoms with Crippen LogP contribution in [-0.2, 0) is 4.79 Å². The van der Waals surface area contributed by atoms with Crippen molar-refractivity contribution in [3.8, 4) is 11.8 Å². The number of nitriles is 1. The van der Waals surface area contributed by atoms with Crippen molar-refractivity contribution >= 4 is 40.1 Å². The number of anilines is 1. The zero-order chi connectivity index (χ0) is 20.4. The molecule has 142 valence electrons. The summed E-state index contributed by atoms with van der Waals surface area (Å²) in [5, 5.41) is 13.3. The van der Waals surface area contributed by atoms with Crippen LogP contribution in [-0.4, -0.2) is 15.5 Å². The third-order valence-corrected chi connectivity index (χ3v) is 5.63. The first kappa shape index (κ1) is 19.9. The first-order chi connectivity index (χ1) is 13.3. The number of carbonyl (C=O) groups excluding carboxylic acids is 1. The molecule has 0 unspecified atom stereocenters. The number of aryl methyl sites for hydroxylation is 3. The lowest BCUT2D eigenvalue weighted by Crippen LogP contribution is -2.13. The Morgan fingerprint density at radius 1 is 1.29 bits per heavy atom. The number of nitrogens with zero attached hydrogens (tertiary/aromatic N) is 3. The van der Waals surface area contributed by atoms with E-state index in [0.717, 1.165) is 33.1 Å².